The van der Waals surface area contributed by atoms with Crippen LogP contribution in [0.4, 0.5) is 10.2 Å². The lowest BCUT2D eigenvalue weighted by Gasteiger charge is -2.10. The number of hydrogen-bond acceptors (Lipinski definition) is 3. The molecule has 2 aromatic heterocycles. The summed E-state index contributed by atoms with van der Waals surface area (Å²) in [6, 6.07) is 16.9. The lowest BCUT2D eigenvalue weighted by atomic mass is 10.1. The minimum absolute atomic E-state index is 0.230. The second-order valence-corrected chi connectivity index (χ2v) is 6.41. The summed E-state index contributed by atoms with van der Waals surface area (Å²) in [5.41, 5.74) is 3.25. The molecule has 0 aliphatic heterocycles. The molecule has 140 valence electrons. The fourth-order valence-electron chi connectivity index (χ4n) is 3.11. The zero-order valence-corrected chi connectivity index (χ0v) is 15.4. The number of aryl methyl sites for hydroxylation is 1. The van der Waals surface area contributed by atoms with Gasteiger partial charge in [0.15, 0.2) is 0 Å². The van der Waals surface area contributed by atoms with Crippen molar-refractivity contribution >= 4 is 17.4 Å². The summed E-state index contributed by atoms with van der Waals surface area (Å²) < 4.78 is 20.8. The van der Waals surface area contributed by atoms with Gasteiger partial charge in [-0.05, 0) is 48.9 Å². The molecular weight excluding hydrogens is 357 g/mol. The Kier molecular flexibility index (Phi) is 4.53. The highest BCUT2D eigenvalue weighted by molar-refractivity contribution is 6.06. The monoisotopic (exact) mass is 375 g/mol. The van der Waals surface area contributed by atoms with E-state index >= 15 is 0 Å². The molecule has 2 heterocycles. The summed E-state index contributed by atoms with van der Waals surface area (Å²) in [4.78, 5) is 17.5. The van der Waals surface area contributed by atoms with Gasteiger partial charge in [0.05, 0.1) is 7.11 Å². The van der Waals surface area contributed by atoms with Crippen LogP contribution in [-0.4, -0.2) is 22.4 Å². The maximum absolute atomic E-state index is 13.5. The van der Waals surface area contributed by atoms with Gasteiger partial charge in [-0.1, -0.05) is 24.3 Å². The molecule has 5 nitrogen and oxygen atoms in total. The summed E-state index contributed by atoms with van der Waals surface area (Å²) in [5, 5.41) is 2.89. The van der Waals surface area contributed by atoms with Crippen LogP contribution in [0.2, 0.25) is 0 Å². The van der Waals surface area contributed by atoms with Crippen LogP contribution >= 0.6 is 0 Å². The Balaban J connectivity index is 1.88. The first-order valence-corrected chi connectivity index (χ1v) is 8.76. The Hall–Kier alpha value is -3.67. The largest absolute Gasteiger partial charge is 0.496 e. The van der Waals surface area contributed by atoms with Crippen LogP contribution in [0.1, 0.15) is 15.9 Å². The minimum Gasteiger partial charge on any atom is -0.496 e. The zero-order valence-electron chi connectivity index (χ0n) is 15.4. The number of para-hydroxylation sites is 1. The van der Waals surface area contributed by atoms with Crippen LogP contribution in [0.5, 0.6) is 5.75 Å². The third-order valence-electron chi connectivity index (χ3n) is 4.45. The molecule has 6 heteroatoms. The Bertz CT molecular complexity index is 1180. The number of anilines is 1. The molecule has 2 aromatic carbocycles. The highest BCUT2D eigenvalue weighted by Crippen LogP contribution is 2.35. The van der Waals surface area contributed by atoms with Gasteiger partial charge >= 0.3 is 0 Å². The van der Waals surface area contributed by atoms with Crippen LogP contribution < -0.4 is 10.1 Å². The maximum atomic E-state index is 13.5. The first-order valence-electron chi connectivity index (χ1n) is 8.76. The highest BCUT2D eigenvalue weighted by Gasteiger charge is 2.20. The van der Waals surface area contributed by atoms with E-state index in [0.29, 0.717) is 22.9 Å². The lowest BCUT2D eigenvalue weighted by Crippen LogP contribution is -2.14. The average Bonchev–Trinajstić information content (AvgIpc) is 3.05. The van der Waals surface area contributed by atoms with E-state index in [4.69, 9.17) is 9.72 Å². The average molecular weight is 375 g/mol. The molecular formula is C22H18FN3O2. The topological polar surface area (TPSA) is 55.6 Å². The van der Waals surface area contributed by atoms with Crippen molar-refractivity contribution in [3.05, 3.63) is 83.8 Å². The second kappa shape index (κ2) is 7.15. The van der Waals surface area contributed by atoms with Gasteiger partial charge in [0.2, 0.25) is 0 Å². The van der Waals surface area contributed by atoms with E-state index < -0.39 is 11.7 Å². The third-order valence-corrected chi connectivity index (χ3v) is 4.45. The van der Waals surface area contributed by atoms with E-state index in [1.54, 1.807) is 13.2 Å². The molecule has 0 aliphatic carbocycles. The van der Waals surface area contributed by atoms with Crippen molar-refractivity contribution in [1.29, 1.82) is 0 Å². The van der Waals surface area contributed by atoms with Crippen LogP contribution in [0.3, 0.4) is 0 Å². The molecule has 0 unspecified atom stereocenters. The molecule has 0 fully saturated rings. The van der Waals surface area contributed by atoms with E-state index in [2.05, 4.69) is 5.32 Å². The number of imidazole rings is 1. The Labute approximate surface area is 161 Å². The quantitative estimate of drug-likeness (QED) is 0.562. The molecule has 0 saturated heterocycles. The number of carbonyl (C=O) groups excluding carboxylic acids is 1. The molecule has 4 aromatic rings. The zero-order chi connectivity index (χ0) is 19.7. The number of ether oxygens (including phenoxy) is 1. The third kappa shape index (κ3) is 3.20. The van der Waals surface area contributed by atoms with Gasteiger partial charge < -0.3 is 10.1 Å². The summed E-state index contributed by atoms with van der Waals surface area (Å²) in [6.07, 6.45) is 1.89. The van der Waals surface area contributed by atoms with Gasteiger partial charge in [-0.25, -0.2) is 9.37 Å². The number of aromatic nitrogens is 2. The standard InChI is InChI=1S/C22H18FN3O2/c1-14-10-11-19-24-20(17-8-3-4-9-18(17)28-2)21(26(19)13-14)25-22(27)15-6-5-7-16(23)12-15/h3-13H,1-2H3,(H,25,27). The second-order valence-electron chi connectivity index (χ2n) is 6.41. The smallest absolute Gasteiger partial charge is 0.256 e. The van der Waals surface area contributed by atoms with Gasteiger partial charge in [-0.2, -0.15) is 0 Å². The predicted octanol–water partition coefficient (Wildman–Crippen LogP) is 4.71. The van der Waals surface area contributed by atoms with Crippen molar-refractivity contribution in [1.82, 2.24) is 9.38 Å². The van der Waals surface area contributed by atoms with Crippen molar-refractivity contribution in [2.24, 2.45) is 0 Å². The number of amides is 1. The Morgan fingerprint density at radius 2 is 1.93 bits per heavy atom. The summed E-state index contributed by atoms with van der Waals surface area (Å²) in [5.74, 6) is 0.256. The minimum atomic E-state index is -0.466. The van der Waals surface area contributed by atoms with Gasteiger partial charge in [-0.3, -0.25) is 9.20 Å². The summed E-state index contributed by atoms with van der Waals surface area (Å²) in [7, 11) is 1.59. The van der Waals surface area contributed by atoms with Crippen LogP contribution in [0.15, 0.2) is 66.9 Å². The number of nitrogens with one attached hydrogen (secondary N) is 1. The van der Waals surface area contributed by atoms with Gasteiger partial charge in [0.1, 0.15) is 28.7 Å². The lowest BCUT2D eigenvalue weighted by molar-refractivity contribution is 0.102. The highest BCUT2D eigenvalue weighted by atomic mass is 19.1. The van der Waals surface area contributed by atoms with Crippen molar-refractivity contribution in [3.63, 3.8) is 0 Å². The SMILES string of the molecule is COc1ccccc1-c1nc2ccc(C)cn2c1NC(=O)c1cccc(F)c1. The molecule has 1 N–H and O–H groups in total. The van der Waals surface area contributed by atoms with E-state index in [-0.39, 0.29) is 5.56 Å². The van der Waals surface area contributed by atoms with E-state index in [1.807, 2.05) is 53.9 Å². The van der Waals surface area contributed by atoms with E-state index in [1.165, 1.54) is 18.2 Å². The van der Waals surface area contributed by atoms with Gasteiger partial charge in [-0.15, -0.1) is 0 Å². The number of halogens is 1. The molecule has 28 heavy (non-hydrogen) atoms. The normalized spacial score (nSPS) is 10.8. The predicted molar refractivity (Wildman–Crippen MR) is 106 cm³/mol. The number of nitrogens with zero attached hydrogens (tertiary/aromatic N) is 2. The fraction of sp³-hybridized carbons (Fsp3) is 0.0909. The van der Waals surface area contributed by atoms with E-state index in [0.717, 1.165) is 11.1 Å². The summed E-state index contributed by atoms with van der Waals surface area (Å²) in [6.45, 7) is 1.96. The molecule has 0 atom stereocenters. The Morgan fingerprint density at radius 3 is 2.71 bits per heavy atom. The molecule has 1 amide bonds. The van der Waals surface area contributed by atoms with Crippen LogP contribution in [-0.2, 0) is 0 Å². The Morgan fingerprint density at radius 1 is 1.11 bits per heavy atom. The van der Waals surface area contributed by atoms with Crippen molar-refractivity contribution in [2.45, 2.75) is 6.92 Å². The van der Waals surface area contributed by atoms with Crippen molar-refractivity contribution < 1.29 is 13.9 Å². The van der Waals surface area contributed by atoms with Crippen LogP contribution in [0.25, 0.3) is 16.9 Å². The first kappa shape index (κ1) is 17.7. The molecule has 0 bridgehead atoms. The van der Waals surface area contributed by atoms with E-state index in [9.17, 15) is 9.18 Å². The first-order chi connectivity index (χ1) is 13.6. The number of methoxy groups -OCH3 is 1. The fourth-order valence-corrected chi connectivity index (χ4v) is 3.11. The van der Waals surface area contributed by atoms with Crippen molar-refractivity contribution in [2.75, 3.05) is 12.4 Å². The van der Waals surface area contributed by atoms with Crippen molar-refractivity contribution in [3.8, 4) is 17.0 Å². The molecule has 0 aliphatic rings. The number of hydrogen-bond donors (Lipinski definition) is 1. The maximum Gasteiger partial charge on any atom is 0.256 e. The molecule has 0 radical (unpaired) electrons. The van der Waals surface area contributed by atoms with Crippen LogP contribution in [0, 0.1) is 12.7 Å². The van der Waals surface area contributed by atoms with Gasteiger partial charge in [0, 0.05) is 17.3 Å². The molecule has 4 rings (SSSR count). The number of rotatable bonds is 4. The number of fused-ring (bicyclic) bond motifs is 1. The number of carbonyl (C=O) groups is 1. The number of pyridine rings is 1. The van der Waals surface area contributed by atoms with Gasteiger partial charge in [0.25, 0.3) is 5.91 Å². The molecule has 0 saturated carbocycles. The molecule has 0 spiro atoms. The summed E-state index contributed by atoms with van der Waals surface area (Å²) >= 11 is 0. The number of benzene rings is 2.